The van der Waals surface area contributed by atoms with Crippen LogP contribution in [0.5, 0.6) is 5.75 Å². The number of allylic oxidation sites excluding steroid dienone is 2. The summed E-state index contributed by atoms with van der Waals surface area (Å²) in [6.07, 6.45) is 7.01. The van der Waals surface area contributed by atoms with Gasteiger partial charge in [-0.15, -0.1) is 0 Å². The standard InChI is InChI=1S/C24H25F5O/c1-2-3-4-5-16-6-8-17(9-7-16)18-10-12-19(13-11-18)24(28,29)30-20-14-21(25)23(27)22(26)15-20/h3-4,10-17H,2,5-9H2,1H3/b4-3-. The summed E-state index contributed by atoms with van der Waals surface area (Å²) in [6, 6.07) is 6.63. The zero-order valence-electron chi connectivity index (χ0n) is 16.8. The summed E-state index contributed by atoms with van der Waals surface area (Å²) in [6.45, 7) is 2.11. The number of halogens is 5. The molecule has 0 radical (unpaired) electrons. The van der Waals surface area contributed by atoms with Crippen molar-refractivity contribution in [1.29, 1.82) is 0 Å². The van der Waals surface area contributed by atoms with Crippen molar-refractivity contribution in [3.8, 4) is 5.75 Å². The van der Waals surface area contributed by atoms with Gasteiger partial charge in [-0.05, 0) is 68.1 Å². The topological polar surface area (TPSA) is 9.23 Å². The van der Waals surface area contributed by atoms with E-state index >= 15 is 0 Å². The van der Waals surface area contributed by atoms with Gasteiger partial charge in [0.2, 0.25) is 0 Å². The smallest absolute Gasteiger partial charge is 0.426 e. The Morgan fingerprint density at radius 2 is 1.53 bits per heavy atom. The Kier molecular flexibility index (Phi) is 7.16. The largest absolute Gasteiger partial charge is 0.429 e. The fourth-order valence-electron chi connectivity index (χ4n) is 3.93. The first-order valence-electron chi connectivity index (χ1n) is 10.3. The first kappa shape index (κ1) is 22.3. The highest BCUT2D eigenvalue weighted by atomic mass is 19.3. The zero-order chi connectivity index (χ0) is 21.7. The van der Waals surface area contributed by atoms with Crippen LogP contribution in [0.1, 0.15) is 62.5 Å². The Bertz CT molecular complexity index is 845. The predicted octanol–water partition coefficient (Wildman–Crippen LogP) is 7.86. The molecule has 1 fully saturated rings. The number of rotatable bonds is 7. The van der Waals surface area contributed by atoms with Crippen LogP contribution in [0.3, 0.4) is 0 Å². The average Bonchev–Trinajstić information content (AvgIpc) is 2.72. The van der Waals surface area contributed by atoms with Crippen LogP contribution in [0.25, 0.3) is 0 Å². The lowest BCUT2D eigenvalue weighted by Gasteiger charge is -2.28. The van der Waals surface area contributed by atoms with Crippen molar-refractivity contribution in [2.45, 2.75) is 57.5 Å². The fraction of sp³-hybridized carbons (Fsp3) is 0.417. The van der Waals surface area contributed by atoms with Crippen LogP contribution in [0, 0.1) is 23.4 Å². The molecule has 30 heavy (non-hydrogen) atoms. The molecule has 1 nitrogen and oxygen atoms in total. The van der Waals surface area contributed by atoms with E-state index in [0.29, 0.717) is 24.0 Å². The Hall–Kier alpha value is -2.37. The van der Waals surface area contributed by atoms with Crippen molar-refractivity contribution in [2.75, 3.05) is 0 Å². The van der Waals surface area contributed by atoms with Crippen LogP contribution < -0.4 is 4.74 Å². The van der Waals surface area contributed by atoms with Crippen LogP contribution >= 0.6 is 0 Å². The van der Waals surface area contributed by atoms with Gasteiger partial charge in [0.25, 0.3) is 0 Å². The van der Waals surface area contributed by atoms with Gasteiger partial charge < -0.3 is 4.74 Å². The van der Waals surface area contributed by atoms with Gasteiger partial charge in [-0.25, -0.2) is 13.2 Å². The predicted molar refractivity (Wildman–Crippen MR) is 106 cm³/mol. The van der Waals surface area contributed by atoms with E-state index in [9.17, 15) is 22.0 Å². The monoisotopic (exact) mass is 424 g/mol. The quantitative estimate of drug-likeness (QED) is 0.250. The van der Waals surface area contributed by atoms with Gasteiger partial charge in [-0.3, -0.25) is 0 Å². The van der Waals surface area contributed by atoms with Crippen molar-refractivity contribution < 1.29 is 26.7 Å². The lowest BCUT2D eigenvalue weighted by atomic mass is 9.77. The Labute approximate surface area is 173 Å². The van der Waals surface area contributed by atoms with E-state index in [2.05, 4.69) is 23.8 Å². The molecule has 0 unspecified atom stereocenters. The molecule has 1 aliphatic carbocycles. The molecule has 3 rings (SSSR count). The molecule has 1 aliphatic rings. The summed E-state index contributed by atoms with van der Waals surface area (Å²) in [7, 11) is 0. The molecule has 2 aromatic carbocycles. The maximum absolute atomic E-state index is 14.4. The number of hydrogen-bond donors (Lipinski definition) is 0. The first-order valence-corrected chi connectivity index (χ1v) is 10.3. The second-order valence-corrected chi connectivity index (χ2v) is 7.77. The van der Waals surface area contributed by atoms with E-state index in [0.717, 1.165) is 44.1 Å². The van der Waals surface area contributed by atoms with Crippen LogP contribution in [-0.2, 0) is 6.11 Å². The summed E-state index contributed by atoms with van der Waals surface area (Å²) in [5.74, 6) is -4.67. The molecule has 0 aliphatic heterocycles. The van der Waals surface area contributed by atoms with E-state index in [-0.39, 0.29) is 0 Å². The Morgan fingerprint density at radius 3 is 2.10 bits per heavy atom. The van der Waals surface area contributed by atoms with E-state index in [1.165, 1.54) is 12.1 Å². The molecule has 0 spiro atoms. The van der Waals surface area contributed by atoms with Gasteiger partial charge in [-0.1, -0.05) is 31.2 Å². The summed E-state index contributed by atoms with van der Waals surface area (Å²) < 4.78 is 72.8. The van der Waals surface area contributed by atoms with Crippen LogP contribution in [0.15, 0.2) is 48.6 Å². The molecule has 1 saturated carbocycles. The first-order chi connectivity index (χ1) is 14.3. The van der Waals surface area contributed by atoms with Crippen molar-refractivity contribution >= 4 is 0 Å². The van der Waals surface area contributed by atoms with Crippen LogP contribution in [0.4, 0.5) is 22.0 Å². The normalized spacial score (nSPS) is 19.9. The maximum Gasteiger partial charge on any atom is 0.426 e. The molecule has 162 valence electrons. The van der Waals surface area contributed by atoms with E-state index in [4.69, 9.17) is 0 Å². The minimum absolute atomic E-state index is 0.334. The summed E-state index contributed by atoms with van der Waals surface area (Å²) >= 11 is 0. The second-order valence-electron chi connectivity index (χ2n) is 7.77. The summed E-state index contributed by atoms with van der Waals surface area (Å²) in [4.78, 5) is 0. The highest BCUT2D eigenvalue weighted by Gasteiger charge is 2.35. The van der Waals surface area contributed by atoms with E-state index < -0.39 is 34.9 Å². The van der Waals surface area contributed by atoms with Gasteiger partial charge >= 0.3 is 6.11 Å². The fourth-order valence-corrected chi connectivity index (χ4v) is 3.93. The lowest BCUT2D eigenvalue weighted by molar-refractivity contribution is -0.185. The van der Waals surface area contributed by atoms with E-state index in [1.54, 1.807) is 12.1 Å². The van der Waals surface area contributed by atoms with Gasteiger partial charge in [0.05, 0.1) is 5.56 Å². The molecular weight excluding hydrogens is 399 g/mol. The van der Waals surface area contributed by atoms with Crippen molar-refractivity contribution in [2.24, 2.45) is 5.92 Å². The molecule has 0 amide bonds. The van der Waals surface area contributed by atoms with E-state index in [1.807, 2.05) is 0 Å². The molecule has 0 atom stereocenters. The number of alkyl halides is 2. The molecular formula is C24H25F5O. The lowest BCUT2D eigenvalue weighted by Crippen LogP contribution is -2.22. The summed E-state index contributed by atoms with van der Waals surface area (Å²) in [5, 5.41) is 0. The average molecular weight is 424 g/mol. The highest BCUT2D eigenvalue weighted by molar-refractivity contribution is 5.30. The second kappa shape index (κ2) is 9.63. The molecule has 0 heterocycles. The molecule has 0 N–H and O–H groups in total. The summed E-state index contributed by atoms with van der Waals surface area (Å²) in [5.41, 5.74) is 0.561. The number of ether oxygens (including phenoxy) is 1. The highest BCUT2D eigenvalue weighted by Crippen LogP contribution is 2.39. The molecule has 2 aromatic rings. The van der Waals surface area contributed by atoms with Gasteiger partial charge in [-0.2, -0.15) is 8.78 Å². The number of hydrogen-bond acceptors (Lipinski definition) is 1. The third kappa shape index (κ3) is 5.41. The van der Waals surface area contributed by atoms with Crippen LogP contribution in [-0.4, -0.2) is 0 Å². The Balaban J connectivity index is 1.63. The third-order valence-electron chi connectivity index (χ3n) is 5.64. The minimum Gasteiger partial charge on any atom is -0.429 e. The third-order valence-corrected chi connectivity index (χ3v) is 5.64. The zero-order valence-corrected chi connectivity index (χ0v) is 16.8. The van der Waals surface area contributed by atoms with Crippen molar-refractivity contribution in [1.82, 2.24) is 0 Å². The van der Waals surface area contributed by atoms with Crippen molar-refractivity contribution in [3.05, 3.63) is 77.1 Å². The molecule has 0 aromatic heterocycles. The van der Waals surface area contributed by atoms with Gasteiger partial charge in [0, 0.05) is 12.1 Å². The van der Waals surface area contributed by atoms with Crippen molar-refractivity contribution in [3.63, 3.8) is 0 Å². The molecule has 0 bridgehead atoms. The van der Waals surface area contributed by atoms with Crippen LogP contribution in [0.2, 0.25) is 0 Å². The minimum atomic E-state index is -3.81. The maximum atomic E-state index is 14.4. The van der Waals surface area contributed by atoms with Gasteiger partial charge in [0.1, 0.15) is 5.75 Å². The Morgan fingerprint density at radius 1 is 0.933 bits per heavy atom. The van der Waals surface area contributed by atoms with Gasteiger partial charge in [0.15, 0.2) is 17.5 Å². The number of benzene rings is 2. The molecule has 0 saturated heterocycles. The SMILES string of the molecule is CC/C=C\CC1CCC(c2ccc(C(F)(F)Oc3cc(F)c(F)c(F)c3)cc2)CC1. The molecule has 6 heteroatoms.